The maximum absolute atomic E-state index is 7.23. The summed E-state index contributed by atoms with van der Waals surface area (Å²) >= 11 is 0. The number of anilines is 3. The molecular weight excluding hydrogens is 731 g/mol. The molecule has 0 N–H and O–H groups in total. The van der Waals surface area contributed by atoms with Gasteiger partial charge in [0.15, 0.2) is 0 Å². The molecule has 11 aromatic rings. The van der Waals surface area contributed by atoms with Crippen molar-refractivity contribution in [2.45, 2.75) is 5.41 Å². The van der Waals surface area contributed by atoms with Crippen molar-refractivity contribution in [1.29, 1.82) is 0 Å². The van der Waals surface area contributed by atoms with Gasteiger partial charge in [0.1, 0.15) is 22.7 Å². The van der Waals surface area contributed by atoms with Gasteiger partial charge in [-0.2, -0.15) is 0 Å². The van der Waals surface area contributed by atoms with Crippen molar-refractivity contribution in [2.75, 3.05) is 4.90 Å². The molecule has 2 heterocycles. The second-order valence-electron chi connectivity index (χ2n) is 16.0. The Morgan fingerprint density at radius 2 is 0.950 bits per heavy atom. The number of ether oxygens (including phenoxy) is 1. The SMILES string of the molecule is c1ccc(-c2ccc(N(c3ccc4c(c3)oc3ccccc34)c3cccc4c3-c3ccccc3C43c4ccc5ccccc5c4Oc4c3ccc3ccccc43)cc2)cc1. The maximum Gasteiger partial charge on any atom is 0.140 e. The van der Waals surface area contributed by atoms with E-state index in [9.17, 15) is 0 Å². The van der Waals surface area contributed by atoms with Gasteiger partial charge in [-0.1, -0.05) is 170 Å². The Balaban J connectivity index is 1.12. The van der Waals surface area contributed by atoms with Gasteiger partial charge in [0.05, 0.1) is 11.1 Å². The first-order valence-electron chi connectivity index (χ1n) is 20.6. The highest BCUT2D eigenvalue weighted by Crippen LogP contribution is 2.65. The summed E-state index contributed by atoms with van der Waals surface area (Å²) in [7, 11) is 0. The van der Waals surface area contributed by atoms with Crippen LogP contribution in [-0.4, -0.2) is 0 Å². The Bertz CT molecular complexity index is 3440. The van der Waals surface area contributed by atoms with Crippen LogP contribution < -0.4 is 9.64 Å². The molecule has 280 valence electrons. The Morgan fingerprint density at radius 1 is 0.367 bits per heavy atom. The minimum absolute atomic E-state index is 0.662. The molecule has 1 aliphatic carbocycles. The van der Waals surface area contributed by atoms with E-state index in [2.05, 4.69) is 205 Å². The Labute approximate surface area is 347 Å². The zero-order valence-corrected chi connectivity index (χ0v) is 32.5. The van der Waals surface area contributed by atoms with Gasteiger partial charge in [0, 0.05) is 55.7 Å². The van der Waals surface area contributed by atoms with E-state index in [0.717, 1.165) is 83.2 Å². The van der Waals surface area contributed by atoms with Gasteiger partial charge in [-0.05, 0) is 75.0 Å². The number of rotatable bonds is 4. The van der Waals surface area contributed by atoms with Crippen molar-refractivity contribution < 1.29 is 9.15 Å². The molecule has 0 saturated carbocycles. The van der Waals surface area contributed by atoms with Crippen LogP contribution >= 0.6 is 0 Å². The summed E-state index contributed by atoms with van der Waals surface area (Å²) < 4.78 is 13.8. The van der Waals surface area contributed by atoms with E-state index in [-0.39, 0.29) is 0 Å². The molecule has 0 saturated heterocycles. The lowest BCUT2D eigenvalue weighted by Crippen LogP contribution is -2.32. The number of nitrogens with zero attached hydrogens (tertiary/aromatic N) is 1. The summed E-state index contributed by atoms with van der Waals surface area (Å²) in [5, 5.41) is 6.74. The van der Waals surface area contributed by atoms with Crippen molar-refractivity contribution in [3.05, 3.63) is 235 Å². The molecule has 0 amide bonds. The predicted octanol–water partition coefficient (Wildman–Crippen LogP) is 15.5. The molecular formula is C57H35NO2. The summed E-state index contributed by atoms with van der Waals surface area (Å²) in [6.07, 6.45) is 0. The largest absolute Gasteiger partial charge is 0.456 e. The standard InChI is InChI=1S/C57H35NO2/c1-2-13-36(14-3-1)37-25-29-40(30-26-37)58(41-31-32-45-44-19-9-11-24-52(44)59-53(45)35-41)51-23-12-22-48-54(51)46-20-8-10-21-47(46)57(48)49-33-27-38-15-4-6-17-42(38)55(49)60-56-43-18-7-5-16-39(43)28-34-50(56)57/h1-35H. The lowest BCUT2D eigenvalue weighted by Gasteiger charge is -2.40. The van der Waals surface area contributed by atoms with Gasteiger partial charge in [-0.15, -0.1) is 0 Å². The number of hydrogen-bond donors (Lipinski definition) is 0. The molecule has 60 heavy (non-hydrogen) atoms. The van der Waals surface area contributed by atoms with E-state index in [1.54, 1.807) is 0 Å². The van der Waals surface area contributed by atoms with Crippen LogP contribution in [0.4, 0.5) is 17.1 Å². The third-order valence-corrected chi connectivity index (χ3v) is 12.9. The third-order valence-electron chi connectivity index (χ3n) is 12.9. The summed E-state index contributed by atoms with van der Waals surface area (Å²) in [6.45, 7) is 0. The zero-order valence-electron chi connectivity index (χ0n) is 32.5. The molecule has 0 bridgehead atoms. The first-order chi connectivity index (χ1) is 29.8. The number of fused-ring (bicyclic) bond motifs is 16. The number of furan rings is 1. The molecule has 0 atom stereocenters. The molecule has 3 nitrogen and oxygen atoms in total. The Kier molecular flexibility index (Phi) is 6.93. The molecule has 0 radical (unpaired) electrons. The van der Waals surface area contributed by atoms with Crippen LogP contribution in [-0.2, 0) is 5.41 Å². The number of para-hydroxylation sites is 1. The monoisotopic (exact) mass is 765 g/mol. The van der Waals surface area contributed by atoms with Crippen LogP contribution in [0.2, 0.25) is 0 Å². The van der Waals surface area contributed by atoms with Crippen LogP contribution in [0.3, 0.4) is 0 Å². The van der Waals surface area contributed by atoms with Crippen molar-refractivity contribution in [3.8, 4) is 33.8 Å². The highest BCUT2D eigenvalue weighted by molar-refractivity contribution is 6.07. The van der Waals surface area contributed by atoms with Gasteiger partial charge in [0.2, 0.25) is 0 Å². The molecule has 2 aliphatic rings. The van der Waals surface area contributed by atoms with Crippen LogP contribution in [0.25, 0.3) is 65.7 Å². The summed E-state index contributed by atoms with van der Waals surface area (Å²) in [4.78, 5) is 2.41. The van der Waals surface area contributed by atoms with Crippen LogP contribution in [0.15, 0.2) is 217 Å². The molecule has 10 aromatic carbocycles. The zero-order chi connectivity index (χ0) is 39.4. The topological polar surface area (TPSA) is 25.6 Å². The van der Waals surface area contributed by atoms with Crippen LogP contribution in [0.5, 0.6) is 11.5 Å². The average molecular weight is 766 g/mol. The van der Waals surface area contributed by atoms with Gasteiger partial charge in [-0.25, -0.2) is 0 Å². The molecule has 1 aromatic heterocycles. The summed E-state index contributed by atoms with van der Waals surface area (Å²) in [6, 6.07) is 76.7. The lowest BCUT2D eigenvalue weighted by atomic mass is 9.65. The normalized spacial score (nSPS) is 13.3. The number of hydrogen-bond acceptors (Lipinski definition) is 3. The molecule has 13 rings (SSSR count). The fourth-order valence-electron chi connectivity index (χ4n) is 10.3. The second kappa shape index (κ2) is 12.6. The second-order valence-corrected chi connectivity index (χ2v) is 16.0. The van der Waals surface area contributed by atoms with Crippen molar-refractivity contribution in [1.82, 2.24) is 0 Å². The smallest absolute Gasteiger partial charge is 0.140 e. The Hall–Kier alpha value is -7.88. The Morgan fingerprint density at radius 3 is 1.70 bits per heavy atom. The van der Waals surface area contributed by atoms with E-state index in [1.165, 1.54) is 33.4 Å². The van der Waals surface area contributed by atoms with Crippen LogP contribution in [0.1, 0.15) is 22.3 Å². The fourth-order valence-corrected chi connectivity index (χ4v) is 10.3. The minimum atomic E-state index is -0.662. The highest BCUT2D eigenvalue weighted by atomic mass is 16.5. The molecule has 1 aliphatic heterocycles. The fraction of sp³-hybridized carbons (Fsp3) is 0.0175. The van der Waals surface area contributed by atoms with Gasteiger partial charge in [0.25, 0.3) is 0 Å². The quantitative estimate of drug-likeness (QED) is 0.178. The van der Waals surface area contributed by atoms with Crippen molar-refractivity contribution >= 4 is 60.5 Å². The summed E-state index contributed by atoms with van der Waals surface area (Å²) in [5.41, 5.74) is 13.8. The maximum atomic E-state index is 7.23. The minimum Gasteiger partial charge on any atom is -0.456 e. The summed E-state index contributed by atoms with van der Waals surface area (Å²) in [5.74, 6) is 1.82. The first kappa shape index (κ1) is 33.1. The predicted molar refractivity (Wildman–Crippen MR) is 246 cm³/mol. The van der Waals surface area contributed by atoms with Gasteiger partial charge < -0.3 is 14.1 Å². The highest BCUT2D eigenvalue weighted by Gasteiger charge is 2.52. The molecule has 3 heteroatoms. The number of benzene rings is 10. The van der Waals surface area contributed by atoms with Gasteiger partial charge >= 0.3 is 0 Å². The van der Waals surface area contributed by atoms with Crippen LogP contribution in [0, 0.1) is 0 Å². The van der Waals surface area contributed by atoms with Crippen molar-refractivity contribution in [3.63, 3.8) is 0 Å². The molecule has 1 spiro atoms. The molecule has 0 unspecified atom stereocenters. The first-order valence-corrected chi connectivity index (χ1v) is 20.6. The average Bonchev–Trinajstić information content (AvgIpc) is 3.83. The van der Waals surface area contributed by atoms with E-state index in [1.807, 2.05) is 12.1 Å². The van der Waals surface area contributed by atoms with Gasteiger partial charge in [-0.3, -0.25) is 0 Å². The van der Waals surface area contributed by atoms with E-state index in [4.69, 9.17) is 9.15 Å². The molecule has 0 fully saturated rings. The van der Waals surface area contributed by atoms with E-state index in [0.29, 0.717) is 0 Å². The van der Waals surface area contributed by atoms with E-state index >= 15 is 0 Å². The van der Waals surface area contributed by atoms with Crippen molar-refractivity contribution in [2.24, 2.45) is 0 Å². The third kappa shape index (κ3) is 4.54. The lowest BCUT2D eigenvalue weighted by molar-refractivity contribution is 0.447. The van der Waals surface area contributed by atoms with E-state index < -0.39 is 5.41 Å².